The molecule has 0 unspecified atom stereocenters. The van der Waals surface area contributed by atoms with Gasteiger partial charge in [-0.3, -0.25) is 19.7 Å². The van der Waals surface area contributed by atoms with Crippen LogP contribution >= 0.6 is 27.7 Å². The van der Waals surface area contributed by atoms with Gasteiger partial charge >= 0.3 is 5.97 Å². The molecule has 1 heterocycles. The van der Waals surface area contributed by atoms with Gasteiger partial charge in [0.1, 0.15) is 5.92 Å². The van der Waals surface area contributed by atoms with E-state index in [0.29, 0.717) is 23.9 Å². The van der Waals surface area contributed by atoms with E-state index in [2.05, 4.69) is 15.9 Å². The number of hydrogen-bond donors (Lipinski definition) is 1. The second kappa shape index (κ2) is 8.96. The molecule has 2 atom stereocenters. The SMILES string of the molecule is CSc1ccc([C@@H]2[C@H](C(=O)O)c3ccc([N+](=O)[O-])cc3C(=O)N2CCCBr)cc1. The van der Waals surface area contributed by atoms with Gasteiger partial charge in [-0.25, -0.2) is 0 Å². The molecule has 1 amide bonds. The minimum Gasteiger partial charge on any atom is -0.481 e. The van der Waals surface area contributed by atoms with Crippen LogP contribution in [0.4, 0.5) is 5.69 Å². The first-order chi connectivity index (χ1) is 13.9. The molecule has 0 bridgehead atoms. The Hall–Kier alpha value is -2.39. The van der Waals surface area contributed by atoms with Gasteiger partial charge in [0.2, 0.25) is 0 Å². The number of hydrogen-bond acceptors (Lipinski definition) is 5. The number of non-ortho nitro benzene ring substituents is 1. The molecule has 1 aliphatic heterocycles. The van der Waals surface area contributed by atoms with Crippen LogP contribution in [0.2, 0.25) is 0 Å². The number of halogens is 1. The zero-order valence-electron chi connectivity index (χ0n) is 15.6. The summed E-state index contributed by atoms with van der Waals surface area (Å²) < 4.78 is 0. The van der Waals surface area contributed by atoms with E-state index in [9.17, 15) is 24.8 Å². The third kappa shape index (κ3) is 4.16. The van der Waals surface area contributed by atoms with Gasteiger partial charge in [-0.15, -0.1) is 11.8 Å². The lowest BCUT2D eigenvalue weighted by molar-refractivity contribution is -0.384. The van der Waals surface area contributed by atoms with Crippen molar-refractivity contribution in [3.63, 3.8) is 0 Å². The average molecular weight is 479 g/mol. The lowest BCUT2D eigenvalue weighted by atomic mass is 9.79. The summed E-state index contributed by atoms with van der Waals surface area (Å²) in [4.78, 5) is 38.7. The highest BCUT2D eigenvalue weighted by atomic mass is 79.9. The summed E-state index contributed by atoms with van der Waals surface area (Å²) in [6, 6.07) is 10.6. The summed E-state index contributed by atoms with van der Waals surface area (Å²) in [7, 11) is 0. The summed E-state index contributed by atoms with van der Waals surface area (Å²) in [5, 5.41) is 21.9. The van der Waals surface area contributed by atoms with Gasteiger partial charge in [-0.1, -0.05) is 34.1 Å². The molecule has 0 aliphatic carbocycles. The van der Waals surface area contributed by atoms with Gasteiger partial charge in [0.15, 0.2) is 0 Å². The fraction of sp³-hybridized carbons (Fsp3) is 0.300. The van der Waals surface area contributed by atoms with Crippen LogP contribution in [0.1, 0.15) is 39.9 Å². The fourth-order valence-electron chi connectivity index (χ4n) is 3.66. The number of carboxylic acids is 1. The number of alkyl halides is 1. The normalized spacial score (nSPS) is 18.4. The number of aliphatic carboxylic acids is 1. The average Bonchev–Trinajstić information content (AvgIpc) is 2.72. The molecule has 0 spiro atoms. The number of fused-ring (bicyclic) bond motifs is 1. The van der Waals surface area contributed by atoms with Crippen LogP contribution in [0.25, 0.3) is 0 Å². The Labute approximate surface area is 180 Å². The second-order valence-electron chi connectivity index (χ2n) is 6.60. The summed E-state index contributed by atoms with van der Waals surface area (Å²) in [6.45, 7) is 0.338. The summed E-state index contributed by atoms with van der Waals surface area (Å²) in [5.41, 5.74) is 0.881. The van der Waals surface area contributed by atoms with Crippen LogP contribution in [0.5, 0.6) is 0 Å². The number of benzene rings is 2. The Morgan fingerprint density at radius 3 is 2.52 bits per heavy atom. The van der Waals surface area contributed by atoms with Crippen molar-refractivity contribution in [3.8, 4) is 0 Å². The number of carbonyl (C=O) groups excluding carboxylic acids is 1. The predicted molar refractivity (Wildman–Crippen MR) is 114 cm³/mol. The van der Waals surface area contributed by atoms with Crippen molar-refractivity contribution in [1.29, 1.82) is 0 Å². The van der Waals surface area contributed by atoms with Crippen LogP contribution in [-0.2, 0) is 4.79 Å². The predicted octanol–water partition coefficient (Wildman–Crippen LogP) is 4.47. The van der Waals surface area contributed by atoms with Gasteiger partial charge in [0.05, 0.1) is 16.5 Å². The van der Waals surface area contributed by atoms with Crippen LogP contribution in [0, 0.1) is 10.1 Å². The summed E-state index contributed by atoms with van der Waals surface area (Å²) >= 11 is 4.92. The molecule has 152 valence electrons. The number of carbonyl (C=O) groups is 2. The molecule has 0 saturated heterocycles. The number of thioether (sulfide) groups is 1. The molecule has 0 saturated carbocycles. The van der Waals surface area contributed by atoms with Crippen molar-refractivity contribution in [2.75, 3.05) is 18.1 Å². The van der Waals surface area contributed by atoms with Crippen molar-refractivity contribution >= 4 is 45.3 Å². The first-order valence-corrected chi connectivity index (χ1v) is 11.3. The molecule has 9 heteroatoms. The fourth-order valence-corrected chi connectivity index (χ4v) is 4.32. The minimum atomic E-state index is -1.07. The molecule has 29 heavy (non-hydrogen) atoms. The largest absolute Gasteiger partial charge is 0.481 e. The third-order valence-electron chi connectivity index (χ3n) is 4.98. The number of rotatable bonds is 7. The lowest BCUT2D eigenvalue weighted by Gasteiger charge is -2.40. The van der Waals surface area contributed by atoms with E-state index in [1.807, 2.05) is 30.5 Å². The molecule has 1 N–H and O–H groups in total. The van der Waals surface area contributed by atoms with Crippen LogP contribution < -0.4 is 0 Å². The van der Waals surface area contributed by atoms with Crippen LogP contribution in [0.3, 0.4) is 0 Å². The highest BCUT2D eigenvalue weighted by molar-refractivity contribution is 9.09. The van der Waals surface area contributed by atoms with Crippen molar-refractivity contribution in [3.05, 3.63) is 69.3 Å². The van der Waals surface area contributed by atoms with Crippen molar-refractivity contribution < 1.29 is 19.6 Å². The Morgan fingerprint density at radius 1 is 1.28 bits per heavy atom. The van der Waals surface area contributed by atoms with Gasteiger partial charge < -0.3 is 10.0 Å². The highest BCUT2D eigenvalue weighted by Crippen LogP contribution is 2.44. The number of nitro groups is 1. The molecule has 0 fully saturated rings. The van der Waals surface area contributed by atoms with Gasteiger partial charge in [0.25, 0.3) is 11.6 Å². The quantitative estimate of drug-likeness (QED) is 0.272. The smallest absolute Gasteiger partial charge is 0.313 e. The van der Waals surface area contributed by atoms with E-state index < -0.39 is 22.9 Å². The highest BCUT2D eigenvalue weighted by Gasteiger charge is 2.44. The first-order valence-electron chi connectivity index (χ1n) is 8.91. The minimum absolute atomic E-state index is 0.0816. The maximum Gasteiger partial charge on any atom is 0.313 e. The van der Waals surface area contributed by atoms with Gasteiger partial charge in [0, 0.05) is 28.9 Å². The summed E-state index contributed by atoms with van der Waals surface area (Å²) in [5.74, 6) is -2.48. The van der Waals surface area contributed by atoms with E-state index in [1.54, 1.807) is 11.8 Å². The first kappa shape index (κ1) is 21.3. The zero-order valence-corrected chi connectivity index (χ0v) is 18.0. The Kier molecular flexibility index (Phi) is 6.59. The van der Waals surface area contributed by atoms with E-state index in [0.717, 1.165) is 10.5 Å². The number of carboxylic acid groups (broad SMARTS) is 1. The number of nitro benzene ring substituents is 1. The molecule has 7 nitrogen and oxygen atoms in total. The molecule has 2 aromatic carbocycles. The van der Waals surface area contributed by atoms with Crippen LogP contribution in [0.15, 0.2) is 47.4 Å². The molecule has 2 aromatic rings. The Balaban J connectivity index is 2.18. The maximum absolute atomic E-state index is 13.3. The van der Waals surface area contributed by atoms with Crippen molar-refractivity contribution in [2.45, 2.75) is 23.3 Å². The van der Waals surface area contributed by atoms with E-state index >= 15 is 0 Å². The monoisotopic (exact) mass is 478 g/mol. The van der Waals surface area contributed by atoms with E-state index in [1.165, 1.54) is 23.1 Å². The molecular formula is C20H19BrN2O5S. The van der Waals surface area contributed by atoms with Gasteiger partial charge in [-0.2, -0.15) is 0 Å². The molecule has 3 rings (SSSR count). The molecule has 0 aromatic heterocycles. The van der Waals surface area contributed by atoms with Crippen molar-refractivity contribution in [2.24, 2.45) is 0 Å². The standard InChI is InChI=1S/C20H19BrN2O5S/c1-29-14-6-3-12(4-7-14)18-17(20(25)26)15-8-5-13(23(27)28)11-16(15)19(24)22(18)10-2-9-21/h3-8,11,17-18H,2,9-10H2,1H3,(H,25,26)/t17-,18-/m1/s1. The molecular weight excluding hydrogens is 460 g/mol. The van der Waals surface area contributed by atoms with Crippen molar-refractivity contribution in [1.82, 2.24) is 4.90 Å². The van der Waals surface area contributed by atoms with E-state index in [4.69, 9.17) is 0 Å². The maximum atomic E-state index is 13.3. The lowest BCUT2D eigenvalue weighted by Crippen LogP contribution is -2.45. The zero-order chi connectivity index (χ0) is 21.1. The number of nitrogens with zero attached hydrogens (tertiary/aromatic N) is 2. The molecule has 0 radical (unpaired) electrons. The number of amides is 1. The third-order valence-corrected chi connectivity index (χ3v) is 6.29. The Morgan fingerprint density at radius 2 is 1.97 bits per heavy atom. The topological polar surface area (TPSA) is 101 Å². The second-order valence-corrected chi connectivity index (χ2v) is 8.28. The van der Waals surface area contributed by atoms with Crippen LogP contribution in [-0.4, -0.2) is 44.9 Å². The summed E-state index contributed by atoms with van der Waals surface area (Å²) in [6.07, 6.45) is 2.58. The Bertz CT molecular complexity index is 950. The van der Waals surface area contributed by atoms with E-state index in [-0.39, 0.29) is 17.2 Å². The van der Waals surface area contributed by atoms with Gasteiger partial charge in [-0.05, 0) is 35.9 Å². The molecule has 1 aliphatic rings.